The van der Waals surface area contributed by atoms with Crippen LogP contribution in [0.15, 0.2) is 47.1 Å². The molecule has 3 atom stereocenters. The molecular weight excluding hydrogens is 499 g/mol. The summed E-state index contributed by atoms with van der Waals surface area (Å²) in [5.74, 6) is 1.23. The Hall–Kier alpha value is -3.40. The van der Waals surface area contributed by atoms with E-state index in [-0.39, 0.29) is 42.0 Å². The number of alkyl halides is 3. The van der Waals surface area contributed by atoms with Gasteiger partial charge in [-0.15, -0.1) is 0 Å². The SMILES string of the molecule is COC(=O)c1ccc(N2C3CC[C@H]2CC(OCc2c(-c4ccccc4C(F)(F)F)noc2C2CC2)C3)nc1. The van der Waals surface area contributed by atoms with Crippen molar-refractivity contribution < 1.29 is 32.0 Å². The van der Waals surface area contributed by atoms with Gasteiger partial charge in [0.1, 0.15) is 17.3 Å². The first-order valence-corrected chi connectivity index (χ1v) is 12.9. The standard InChI is InChI=1S/C28H28F3N3O4/c1-36-27(35)17-8-11-24(32-14-17)34-18-9-10-19(34)13-20(12-18)37-15-22-25(33-38-26(22)16-6-7-16)21-4-2-3-5-23(21)28(29,30)31/h2-5,8,11,14,16,18-20H,6-7,9-10,12-13,15H2,1H3/t18-,19?,20?/m0/s1. The number of carbonyl (C=O) groups excluding carboxylic acids is 1. The Morgan fingerprint density at radius 2 is 1.82 bits per heavy atom. The molecule has 2 bridgehead atoms. The Morgan fingerprint density at radius 1 is 1.08 bits per heavy atom. The maximum Gasteiger partial charge on any atom is 0.417 e. The molecule has 0 radical (unpaired) electrons. The minimum atomic E-state index is -4.50. The number of nitrogens with zero attached hydrogens (tertiary/aromatic N) is 3. The number of pyridine rings is 1. The third kappa shape index (κ3) is 4.66. The van der Waals surface area contributed by atoms with Gasteiger partial charge in [-0.2, -0.15) is 13.2 Å². The molecule has 4 heterocycles. The van der Waals surface area contributed by atoms with Gasteiger partial charge in [0.05, 0.1) is 30.9 Å². The number of piperidine rings is 1. The summed E-state index contributed by atoms with van der Waals surface area (Å²) in [6.07, 6.45) is 2.47. The normalized spacial score (nSPS) is 23.1. The topological polar surface area (TPSA) is 77.7 Å². The van der Waals surface area contributed by atoms with E-state index in [0.717, 1.165) is 50.4 Å². The first-order valence-electron chi connectivity index (χ1n) is 12.9. The van der Waals surface area contributed by atoms with E-state index in [1.807, 2.05) is 6.07 Å². The fourth-order valence-corrected chi connectivity index (χ4v) is 5.89. The number of carbonyl (C=O) groups is 1. The fraction of sp³-hybridized carbons (Fsp3) is 0.464. The highest BCUT2D eigenvalue weighted by molar-refractivity contribution is 5.89. The van der Waals surface area contributed by atoms with Crippen LogP contribution in [0.1, 0.15) is 71.7 Å². The molecule has 1 aliphatic carbocycles. The van der Waals surface area contributed by atoms with Gasteiger partial charge in [0.15, 0.2) is 0 Å². The van der Waals surface area contributed by atoms with Crippen LogP contribution >= 0.6 is 0 Å². The van der Waals surface area contributed by atoms with Crippen molar-refractivity contribution >= 4 is 11.8 Å². The summed E-state index contributed by atoms with van der Waals surface area (Å²) in [4.78, 5) is 18.6. The molecule has 2 aliphatic heterocycles. The van der Waals surface area contributed by atoms with E-state index in [1.54, 1.807) is 12.1 Å². The van der Waals surface area contributed by atoms with Crippen molar-refractivity contribution in [2.45, 2.75) is 75.4 Å². The molecule has 3 aromatic rings. The van der Waals surface area contributed by atoms with Crippen LogP contribution in [0, 0.1) is 0 Å². The Kier molecular flexibility index (Phi) is 6.37. The molecule has 2 aromatic heterocycles. The molecule has 2 saturated heterocycles. The number of methoxy groups -OCH3 is 1. The lowest BCUT2D eigenvalue weighted by Gasteiger charge is -2.39. The van der Waals surface area contributed by atoms with E-state index in [0.29, 0.717) is 16.9 Å². The molecule has 6 rings (SSSR count). The number of hydrogen-bond acceptors (Lipinski definition) is 7. The van der Waals surface area contributed by atoms with E-state index < -0.39 is 17.7 Å². The second-order valence-corrected chi connectivity index (χ2v) is 10.3. The van der Waals surface area contributed by atoms with Gasteiger partial charge in [-0.3, -0.25) is 0 Å². The van der Waals surface area contributed by atoms with Crippen LogP contribution < -0.4 is 4.90 Å². The monoisotopic (exact) mass is 527 g/mol. The third-order valence-corrected chi connectivity index (χ3v) is 7.84. The van der Waals surface area contributed by atoms with Crippen molar-refractivity contribution in [2.24, 2.45) is 0 Å². The van der Waals surface area contributed by atoms with Crippen molar-refractivity contribution in [1.29, 1.82) is 0 Å². The smallest absolute Gasteiger partial charge is 0.417 e. The highest BCUT2D eigenvalue weighted by Gasteiger charge is 2.43. The first-order chi connectivity index (χ1) is 18.3. The van der Waals surface area contributed by atoms with Crippen molar-refractivity contribution in [1.82, 2.24) is 10.1 Å². The Labute approximate surface area is 217 Å². The summed E-state index contributed by atoms with van der Waals surface area (Å²) in [5, 5.41) is 4.10. The summed E-state index contributed by atoms with van der Waals surface area (Å²) in [5.41, 5.74) is 0.540. The highest BCUT2D eigenvalue weighted by atomic mass is 19.4. The molecule has 10 heteroatoms. The van der Waals surface area contributed by atoms with Gasteiger partial charge in [0.2, 0.25) is 0 Å². The highest BCUT2D eigenvalue weighted by Crippen LogP contribution is 2.46. The van der Waals surface area contributed by atoms with Gasteiger partial charge in [0.25, 0.3) is 0 Å². The van der Waals surface area contributed by atoms with E-state index in [2.05, 4.69) is 15.0 Å². The molecular formula is C28H28F3N3O4. The van der Waals surface area contributed by atoms with Crippen molar-refractivity contribution in [3.8, 4) is 11.3 Å². The molecule has 3 aliphatic rings. The minimum Gasteiger partial charge on any atom is -0.465 e. The number of aromatic nitrogens is 2. The lowest BCUT2D eigenvalue weighted by Crippen LogP contribution is -2.46. The maximum atomic E-state index is 13.7. The molecule has 0 N–H and O–H groups in total. The second kappa shape index (κ2) is 9.72. The largest absolute Gasteiger partial charge is 0.465 e. The van der Waals surface area contributed by atoms with E-state index in [1.165, 1.54) is 25.4 Å². The number of rotatable bonds is 7. The lowest BCUT2D eigenvalue weighted by molar-refractivity contribution is -0.137. The van der Waals surface area contributed by atoms with Gasteiger partial charge >= 0.3 is 12.1 Å². The number of benzene rings is 1. The predicted molar refractivity (Wildman–Crippen MR) is 132 cm³/mol. The van der Waals surface area contributed by atoms with Crippen LogP contribution in [0.5, 0.6) is 0 Å². The van der Waals surface area contributed by atoms with Gasteiger partial charge in [-0.1, -0.05) is 23.4 Å². The van der Waals surface area contributed by atoms with Crippen LogP contribution in [0.25, 0.3) is 11.3 Å². The molecule has 2 unspecified atom stereocenters. The number of halogens is 3. The molecule has 200 valence electrons. The van der Waals surface area contributed by atoms with Gasteiger partial charge < -0.3 is 18.9 Å². The number of fused-ring (bicyclic) bond motifs is 2. The minimum absolute atomic E-state index is 0.0191. The number of ether oxygens (including phenoxy) is 2. The van der Waals surface area contributed by atoms with Crippen LogP contribution in [-0.4, -0.2) is 41.4 Å². The number of hydrogen-bond donors (Lipinski definition) is 0. The number of esters is 1. The maximum absolute atomic E-state index is 13.7. The zero-order valence-electron chi connectivity index (χ0n) is 20.9. The van der Waals surface area contributed by atoms with Crippen LogP contribution in [0.2, 0.25) is 0 Å². The number of anilines is 1. The van der Waals surface area contributed by atoms with E-state index in [4.69, 9.17) is 14.0 Å². The Bertz CT molecular complexity index is 1310. The molecule has 0 spiro atoms. The molecule has 7 nitrogen and oxygen atoms in total. The average molecular weight is 528 g/mol. The van der Waals surface area contributed by atoms with Crippen molar-refractivity contribution in [3.63, 3.8) is 0 Å². The van der Waals surface area contributed by atoms with Crippen LogP contribution in [0.4, 0.5) is 19.0 Å². The second-order valence-electron chi connectivity index (χ2n) is 10.3. The molecule has 3 fully saturated rings. The van der Waals surface area contributed by atoms with Crippen molar-refractivity contribution in [2.75, 3.05) is 12.0 Å². The van der Waals surface area contributed by atoms with Gasteiger partial charge in [-0.25, -0.2) is 9.78 Å². The first kappa shape index (κ1) is 24.9. The zero-order valence-corrected chi connectivity index (χ0v) is 20.9. The summed E-state index contributed by atoms with van der Waals surface area (Å²) in [7, 11) is 1.34. The lowest BCUT2D eigenvalue weighted by atomic mass is 9.98. The zero-order chi connectivity index (χ0) is 26.4. The average Bonchev–Trinajstić information content (AvgIpc) is 3.62. The van der Waals surface area contributed by atoms with Crippen LogP contribution in [0.3, 0.4) is 0 Å². The summed E-state index contributed by atoms with van der Waals surface area (Å²) >= 11 is 0. The summed E-state index contributed by atoms with van der Waals surface area (Å²) < 4.78 is 58.0. The molecule has 0 amide bonds. The summed E-state index contributed by atoms with van der Waals surface area (Å²) in [6.45, 7) is 0.160. The predicted octanol–water partition coefficient (Wildman–Crippen LogP) is 6.14. The van der Waals surface area contributed by atoms with Crippen LogP contribution in [-0.2, 0) is 22.3 Å². The van der Waals surface area contributed by atoms with E-state index in [9.17, 15) is 18.0 Å². The van der Waals surface area contributed by atoms with Crippen molar-refractivity contribution in [3.05, 3.63) is 65.0 Å². The van der Waals surface area contributed by atoms with Gasteiger partial charge in [-0.05, 0) is 56.7 Å². The fourth-order valence-electron chi connectivity index (χ4n) is 5.89. The Morgan fingerprint density at radius 3 is 2.45 bits per heavy atom. The molecule has 1 saturated carbocycles. The molecule has 38 heavy (non-hydrogen) atoms. The van der Waals surface area contributed by atoms with Gasteiger partial charge in [0, 0.05) is 35.3 Å². The Balaban J connectivity index is 1.19. The molecule has 1 aromatic carbocycles. The van der Waals surface area contributed by atoms with E-state index >= 15 is 0 Å². The third-order valence-electron chi connectivity index (χ3n) is 7.84. The summed E-state index contributed by atoms with van der Waals surface area (Å²) in [6, 6.07) is 9.54. The quantitative estimate of drug-likeness (QED) is 0.342.